The fourth-order valence-corrected chi connectivity index (χ4v) is 5.67. The third kappa shape index (κ3) is 7.00. The molecule has 37 heavy (non-hydrogen) atoms. The Labute approximate surface area is 221 Å². The van der Waals surface area contributed by atoms with E-state index < -0.39 is 0 Å². The van der Waals surface area contributed by atoms with Crippen molar-refractivity contribution in [1.29, 1.82) is 0 Å². The van der Waals surface area contributed by atoms with Crippen molar-refractivity contribution in [3.63, 3.8) is 0 Å². The van der Waals surface area contributed by atoms with Gasteiger partial charge in [-0.3, -0.25) is 9.69 Å². The Morgan fingerprint density at radius 1 is 0.784 bits per heavy atom. The molecule has 0 aromatic heterocycles. The van der Waals surface area contributed by atoms with Gasteiger partial charge in [-0.05, 0) is 81.1 Å². The van der Waals surface area contributed by atoms with Gasteiger partial charge < -0.3 is 15.5 Å². The lowest BCUT2D eigenvalue weighted by atomic mass is 9.98. The SMILES string of the molecule is C[C@@H](NC(=O)c1ccc(N2CCC(NC3CCN(Cc4ccccc4)CC3)CC2)cc1)c1ccccc1. The van der Waals surface area contributed by atoms with Gasteiger partial charge in [0.15, 0.2) is 0 Å². The van der Waals surface area contributed by atoms with Crippen molar-refractivity contribution in [2.24, 2.45) is 0 Å². The monoisotopic (exact) mass is 496 g/mol. The summed E-state index contributed by atoms with van der Waals surface area (Å²) in [5, 5.41) is 7.07. The molecular formula is C32H40N4O. The highest BCUT2D eigenvalue weighted by molar-refractivity contribution is 5.94. The summed E-state index contributed by atoms with van der Waals surface area (Å²) < 4.78 is 0. The van der Waals surface area contributed by atoms with Crippen molar-refractivity contribution in [1.82, 2.24) is 15.5 Å². The molecule has 5 nitrogen and oxygen atoms in total. The predicted octanol–water partition coefficient (Wildman–Crippen LogP) is 5.40. The van der Waals surface area contributed by atoms with Crippen molar-refractivity contribution < 1.29 is 4.79 Å². The molecule has 1 atom stereocenters. The van der Waals surface area contributed by atoms with E-state index in [0.29, 0.717) is 17.6 Å². The second-order valence-corrected chi connectivity index (χ2v) is 10.6. The third-order valence-corrected chi connectivity index (χ3v) is 7.94. The van der Waals surface area contributed by atoms with Crippen LogP contribution in [0.3, 0.4) is 0 Å². The van der Waals surface area contributed by atoms with Gasteiger partial charge in [0.05, 0.1) is 6.04 Å². The van der Waals surface area contributed by atoms with Gasteiger partial charge in [-0.15, -0.1) is 0 Å². The first-order chi connectivity index (χ1) is 18.1. The highest BCUT2D eigenvalue weighted by atomic mass is 16.1. The lowest BCUT2D eigenvalue weighted by molar-refractivity contribution is 0.0940. The molecule has 0 saturated carbocycles. The number of likely N-dealkylation sites (tertiary alicyclic amines) is 1. The van der Waals surface area contributed by atoms with Crippen molar-refractivity contribution in [3.05, 3.63) is 102 Å². The molecule has 3 aromatic rings. The number of benzene rings is 3. The molecule has 0 radical (unpaired) electrons. The molecule has 2 aliphatic rings. The molecule has 5 rings (SSSR count). The number of hydrogen-bond donors (Lipinski definition) is 2. The Kier molecular flexibility index (Phi) is 8.54. The standard InChI is InChI=1S/C32H40N4O/c1-25(27-10-6-3-7-11-27)33-32(37)28-12-14-31(15-13-28)36-22-18-30(19-23-36)34-29-16-20-35(21-17-29)24-26-8-4-2-5-9-26/h2-15,25,29-30,34H,16-24H2,1H3,(H,33,37)/t25-/m1/s1. The first kappa shape index (κ1) is 25.5. The van der Waals surface area contributed by atoms with Crippen LogP contribution in [-0.4, -0.2) is 49.1 Å². The number of piperidine rings is 2. The Balaban J connectivity index is 1.04. The van der Waals surface area contributed by atoms with Crippen LogP contribution < -0.4 is 15.5 Å². The van der Waals surface area contributed by atoms with E-state index in [1.165, 1.54) is 50.0 Å². The highest BCUT2D eigenvalue weighted by Crippen LogP contribution is 2.23. The van der Waals surface area contributed by atoms with E-state index in [1.807, 2.05) is 49.4 Å². The number of hydrogen-bond acceptors (Lipinski definition) is 4. The van der Waals surface area contributed by atoms with Gasteiger partial charge in [-0.25, -0.2) is 0 Å². The number of amides is 1. The number of carbonyl (C=O) groups is 1. The zero-order valence-electron chi connectivity index (χ0n) is 22.0. The molecule has 1 amide bonds. The van der Waals surface area contributed by atoms with Crippen LogP contribution in [0, 0.1) is 0 Å². The van der Waals surface area contributed by atoms with Crippen molar-refractivity contribution in [3.8, 4) is 0 Å². The summed E-state index contributed by atoms with van der Waals surface area (Å²) in [5.74, 6) is -0.0272. The Morgan fingerprint density at radius 3 is 1.97 bits per heavy atom. The van der Waals surface area contributed by atoms with Crippen LogP contribution in [0.2, 0.25) is 0 Å². The van der Waals surface area contributed by atoms with Crippen LogP contribution in [-0.2, 0) is 6.54 Å². The summed E-state index contributed by atoms with van der Waals surface area (Å²) in [5.41, 5.74) is 4.44. The van der Waals surface area contributed by atoms with E-state index in [0.717, 1.165) is 25.2 Å². The largest absolute Gasteiger partial charge is 0.371 e. The van der Waals surface area contributed by atoms with E-state index in [-0.39, 0.29) is 11.9 Å². The Bertz CT molecular complexity index is 1100. The molecule has 5 heteroatoms. The molecule has 2 aliphatic heterocycles. The molecule has 3 aromatic carbocycles. The van der Waals surface area contributed by atoms with Crippen molar-refractivity contribution >= 4 is 11.6 Å². The maximum atomic E-state index is 12.7. The average Bonchev–Trinajstić information content (AvgIpc) is 2.95. The van der Waals surface area contributed by atoms with Crippen LogP contribution in [0.5, 0.6) is 0 Å². The maximum Gasteiger partial charge on any atom is 0.251 e. The van der Waals surface area contributed by atoms with Crippen molar-refractivity contribution in [2.45, 2.75) is 57.3 Å². The minimum Gasteiger partial charge on any atom is -0.371 e. The smallest absolute Gasteiger partial charge is 0.251 e. The van der Waals surface area contributed by atoms with Gasteiger partial charge in [-0.1, -0.05) is 60.7 Å². The van der Waals surface area contributed by atoms with Crippen molar-refractivity contribution in [2.75, 3.05) is 31.1 Å². The molecule has 2 heterocycles. The summed E-state index contributed by atoms with van der Waals surface area (Å²) in [6.07, 6.45) is 4.81. The third-order valence-electron chi connectivity index (χ3n) is 7.94. The number of nitrogens with zero attached hydrogens (tertiary/aromatic N) is 2. The summed E-state index contributed by atoms with van der Waals surface area (Å²) in [7, 11) is 0. The summed E-state index contributed by atoms with van der Waals surface area (Å²) >= 11 is 0. The van der Waals surface area contributed by atoms with E-state index in [1.54, 1.807) is 0 Å². The zero-order chi connectivity index (χ0) is 25.5. The van der Waals surface area contributed by atoms with Crippen LogP contribution in [0.4, 0.5) is 5.69 Å². The molecule has 2 N–H and O–H groups in total. The minimum atomic E-state index is -0.0272. The van der Waals surface area contributed by atoms with Gasteiger partial charge in [-0.2, -0.15) is 0 Å². The Morgan fingerprint density at radius 2 is 1.35 bits per heavy atom. The van der Waals surface area contributed by atoms with Crippen LogP contribution in [0.15, 0.2) is 84.9 Å². The van der Waals surface area contributed by atoms with E-state index in [2.05, 4.69) is 62.9 Å². The molecule has 0 unspecified atom stereocenters. The summed E-state index contributed by atoms with van der Waals surface area (Å²) in [6.45, 7) is 7.55. The molecule has 0 spiro atoms. The molecular weight excluding hydrogens is 456 g/mol. The van der Waals surface area contributed by atoms with E-state index in [4.69, 9.17) is 0 Å². The first-order valence-electron chi connectivity index (χ1n) is 13.9. The van der Waals surface area contributed by atoms with E-state index >= 15 is 0 Å². The fraction of sp³-hybridized carbons (Fsp3) is 0.406. The molecule has 194 valence electrons. The lowest BCUT2D eigenvalue weighted by Gasteiger charge is -2.38. The second-order valence-electron chi connectivity index (χ2n) is 10.6. The first-order valence-corrected chi connectivity index (χ1v) is 13.9. The number of anilines is 1. The Hall–Kier alpha value is -3.15. The average molecular weight is 497 g/mol. The second kappa shape index (κ2) is 12.4. The van der Waals surface area contributed by atoms with Crippen LogP contribution >= 0.6 is 0 Å². The van der Waals surface area contributed by atoms with Gasteiger partial charge >= 0.3 is 0 Å². The number of rotatable bonds is 8. The topological polar surface area (TPSA) is 47.6 Å². The molecule has 0 aliphatic carbocycles. The van der Waals surface area contributed by atoms with Crippen LogP contribution in [0.1, 0.15) is 60.1 Å². The molecule has 0 bridgehead atoms. The molecule has 2 fully saturated rings. The van der Waals surface area contributed by atoms with Gasteiger partial charge in [0, 0.05) is 43.0 Å². The van der Waals surface area contributed by atoms with E-state index in [9.17, 15) is 4.79 Å². The molecule has 2 saturated heterocycles. The number of carbonyl (C=O) groups excluding carboxylic acids is 1. The predicted molar refractivity (Wildman–Crippen MR) is 152 cm³/mol. The number of nitrogens with one attached hydrogen (secondary N) is 2. The van der Waals surface area contributed by atoms with Gasteiger partial charge in [0.25, 0.3) is 5.91 Å². The summed E-state index contributed by atoms with van der Waals surface area (Å²) in [6, 6.07) is 30.2. The summed E-state index contributed by atoms with van der Waals surface area (Å²) in [4.78, 5) is 17.8. The van der Waals surface area contributed by atoms with Gasteiger partial charge in [0.1, 0.15) is 0 Å². The van der Waals surface area contributed by atoms with Crippen LogP contribution in [0.25, 0.3) is 0 Å². The normalized spacial score (nSPS) is 18.5. The lowest BCUT2D eigenvalue weighted by Crippen LogP contribution is -2.49. The maximum absolute atomic E-state index is 12.7. The highest BCUT2D eigenvalue weighted by Gasteiger charge is 2.25. The fourth-order valence-electron chi connectivity index (χ4n) is 5.67. The zero-order valence-corrected chi connectivity index (χ0v) is 22.0. The van der Waals surface area contributed by atoms with Gasteiger partial charge in [0.2, 0.25) is 0 Å². The quantitative estimate of drug-likeness (QED) is 0.438. The minimum absolute atomic E-state index is 0.0176.